The number of halogens is 4. The van der Waals surface area contributed by atoms with Crippen molar-refractivity contribution in [2.75, 3.05) is 6.54 Å². The lowest BCUT2D eigenvalue weighted by atomic mass is 10.0. The largest absolute Gasteiger partial charge is 0.480 e. The molecule has 0 aromatic heterocycles. The van der Waals surface area contributed by atoms with Gasteiger partial charge in [0.25, 0.3) is 0 Å². The van der Waals surface area contributed by atoms with E-state index in [4.69, 9.17) is 11.6 Å². The Morgan fingerprint density at radius 3 is 2.05 bits per heavy atom. The molecule has 194 valence electrons. The average Bonchev–Trinajstić information content (AvgIpc) is 3.59. The summed E-state index contributed by atoms with van der Waals surface area (Å²) in [6.45, 7) is -1.19. The Kier molecular flexibility index (Phi) is 6.82. The van der Waals surface area contributed by atoms with E-state index in [0.29, 0.717) is 14.9 Å². The minimum absolute atomic E-state index is 0.0547. The van der Waals surface area contributed by atoms with Crippen LogP contribution in [0.5, 0.6) is 0 Å². The molecule has 12 heteroatoms. The van der Waals surface area contributed by atoms with Crippen molar-refractivity contribution >= 4 is 33.6 Å². The number of sulfonamides is 1. The highest BCUT2D eigenvalue weighted by Gasteiger charge is 2.68. The van der Waals surface area contributed by atoms with Crippen LogP contribution in [-0.2, 0) is 25.8 Å². The van der Waals surface area contributed by atoms with E-state index in [-0.39, 0.29) is 16.9 Å². The number of rotatable bonds is 8. The highest BCUT2D eigenvalue weighted by Crippen LogP contribution is 2.57. The first-order valence-electron chi connectivity index (χ1n) is 10.8. The van der Waals surface area contributed by atoms with Crippen molar-refractivity contribution in [3.63, 3.8) is 0 Å². The van der Waals surface area contributed by atoms with Crippen LogP contribution in [0.25, 0.3) is 11.1 Å². The van der Waals surface area contributed by atoms with Gasteiger partial charge < -0.3 is 10.2 Å². The van der Waals surface area contributed by atoms with Crippen LogP contribution in [0.2, 0.25) is 5.02 Å². The van der Waals surface area contributed by atoms with Gasteiger partial charge in [0, 0.05) is 10.9 Å². The molecule has 0 saturated heterocycles. The molecule has 0 radical (unpaired) electrons. The molecule has 4 rings (SSSR count). The van der Waals surface area contributed by atoms with Gasteiger partial charge in [0.1, 0.15) is 12.1 Å². The number of hydrogen-bond acceptors (Lipinski definition) is 4. The summed E-state index contributed by atoms with van der Waals surface area (Å²) in [6.07, 6.45) is -5.09. The molecular formula is C25H19ClF3NO6S. The standard InChI is InChI=1S/C25H19ClF3NO6S/c26-19-8-4-15(5-9-19)16-6-10-20(11-7-16)37(35,36)30(14-22(31)32)24(23(33)34)13-21(24)17-2-1-3-18(12-17)25(27,28)29/h1-12,21H,13-14H2,(H,31,32)(H,33,34)/t21-,24+/m0/s1. The molecule has 37 heavy (non-hydrogen) atoms. The normalized spacial score (nSPS) is 19.5. The van der Waals surface area contributed by atoms with Crippen molar-refractivity contribution in [2.45, 2.75) is 28.9 Å². The molecule has 1 saturated carbocycles. The van der Waals surface area contributed by atoms with Crippen molar-refractivity contribution in [3.05, 3.63) is 88.9 Å². The molecule has 1 aliphatic carbocycles. The first-order valence-corrected chi connectivity index (χ1v) is 12.6. The van der Waals surface area contributed by atoms with Crippen molar-refractivity contribution in [3.8, 4) is 11.1 Å². The number of carbonyl (C=O) groups is 2. The number of hydrogen-bond donors (Lipinski definition) is 2. The van der Waals surface area contributed by atoms with E-state index in [1.54, 1.807) is 24.3 Å². The van der Waals surface area contributed by atoms with Crippen molar-refractivity contribution in [1.82, 2.24) is 4.31 Å². The zero-order valence-electron chi connectivity index (χ0n) is 18.8. The van der Waals surface area contributed by atoms with E-state index in [9.17, 15) is 41.4 Å². The number of aliphatic carboxylic acids is 2. The summed E-state index contributed by atoms with van der Waals surface area (Å²) in [4.78, 5) is 23.6. The summed E-state index contributed by atoms with van der Waals surface area (Å²) in [5, 5.41) is 20.0. The van der Waals surface area contributed by atoms with Gasteiger partial charge in [-0.1, -0.05) is 54.1 Å². The Morgan fingerprint density at radius 2 is 1.54 bits per heavy atom. The van der Waals surface area contributed by atoms with E-state index >= 15 is 0 Å². The van der Waals surface area contributed by atoms with Crippen LogP contribution in [0.1, 0.15) is 23.5 Å². The third kappa shape index (κ3) is 5.07. The van der Waals surface area contributed by atoms with Crippen LogP contribution in [-0.4, -0.2) is 47.0 Å². The van der Waals surface area contributed by atoms with Crippen molar-refractivity contribution in [2.24, 2.45) is 0 Å². The molecule has 0 heterocycles. The van der Waals surface area contributed by atoms with Gasteiger partial charge in [-0.15, -0.1) is 0 Å². The molecule has 0 aliphatic heterocycles. The second kappa shape index (κ2) is 9.47. The fourth-order valence-corrected chi connectivity index (χ4v) is 6.20. The van der Waals surface area contributed by atoms with Gasteiger partial charge in [-0.25, -0.2) is 8.42 Å². The molecule has 2 atom stereocenters. The summed E-state index contributed by atoms with van der Waals surface area (Å²) >= 11 is 5.89. The maximum atomic E-state index is 13.6. The summed E-state index contributed by atoms with van der Waals surface area (Å²) in [5.41, 5.74) is -2.00. The van der Waals surface area contributed by atoms with E-state index in [1.165, 1.54) is 30.3 Å². The Morgan fingerprint density at radius 1 is 0.973 bits per heavy atom. The first kappa shape index (κ1) is 26.6. The van der Waals surface area contributed by atoms with Crippen LogP contribution in [0.4, 0.5) is 13.2 Å². The highest BCUT2D eigenvalue weighted by molar-refractivity contribution is 7.89. The Hall–Kier alpha value is -3.41. The lowest BCUT2D eigenvalue weighted by Gasteiger charge is -2.28. The lowest BCUT2D eigenvalue weighted by molar-refractivity contribution is -0.145. The number of carboxylic acid groups (broad SMARTS) is 2. The van der Waals surface area contributed by atoms with E-state index in [2.05, 4.69) is 0 Å². The van der Waals surface area contributed by atoms with E-state index in [0.717, 1.165) is 23.8 Å². The van der Waals surface area contributed by atoms with Gasteiger partial charge >= 0.3 is 18.1 Å². The number of carboxylic acids is 2. The van der Waals surface area contributed by atoms with Gasteiger partial charge in [-0.05, 0) is 53.4 Å². The monoisotopic (exact) mass is 553 g/mol. The zero-order chi connectivity index (χ0) is 27.2. The number of benzene rings is 3. The second-order valence-corrected chi connectivity index (χ2v) is 10.8. The molecule has 3 aromatic carbocycles. The van der Waals surface area contributed by atoms with Crippen LogP contribution in [0.15, 0.2) is 77.7 Å². The van der Waals surface area contributed by atoms with E-state index < -0.39 is 51.7 Å². The molecule has 0 bridgehead atoms. The molecule has 0 unspecified atom stereocenters. The Bertz CT molecular complexity index is 1460. The van der Waals surface area contributed by atoms with Gasteiger partial charge in [0.05, 0.1) is 10.5 Å². The molecule has 2 N–H and O–H groups in total. The highest BCUT2D eigenvalue weighted by atomic mass is 35.5. The molecule has 1 fully saturated rings. The van der Waals surface area contributed by atoms with Crippen LogP contribution in [0.3, 0.4) is 0 Å². The van der Waals surface area contributed by atoms with Gasteiger partial charge in [0.2, 0.25) is 10.0 Å². The smallest absolute Gasteiger partial charge is 0.416 e. The van der Waals surface area contributed by atoms with Gasteiger partial charge in [-0.2, -0.15) is 17.5 Å². The van der Waals surface area contributed by atoms with Crippen molar-refractivity contribution in [1.29, 1.82) is 0 Å². The fourth-order valence-electron chi connectivity index (χ4n) is 4.35. The molecule has 3 aromatic rings. The van der Waals surface area contributed by atoms with Gasteiger partial charge in [0.15, 0.2) is 0 Å². The number of nitrogens with zero attached hydrogens (tertiary/aromatic N) is 1. The third-order valence-electron chi connectivity index (χ3n) is 6.26. The maximum absolute atomic E-state index is 13.6. The average molecular weight is 554 g/mol. The predicted molar refractivity (Wildman–Crippen MR) is 128 cm³/mol. The lowest BCUT2D eigenvalue weighted by Crippen LogP contribution is -2.50. The first-order chi connectivity index (χ1) is 17.3. The molecule has 1 aliphatic rings. The Balaban J connectivity index is 1.74. The fraction of sp³-hybridized carbons (Fsp3) is 0.200. The predicted octanol–water partition coefficient (Wildman–Crippen LogP) is 5.11. The summed E-state index contributed by atoms with van der Waals surface area (Å²) < 4.78 is 67.1. The summed E-state index contributed by atoms with van der Waals surface area (Å²) in [7, 11) is -4.69. The minimum atomic E-state index is -4.70. The van der Waals surface area contributed by atoms with Crippen LogP contribution in [0, 0.1) is 0 Å². The third-order valence-corrected chi connectivity index (χ3v) is 8.42. The topological polar surface area (TPSA) is 112 Å². The quantitative estimate of drug-likeness (QED) is 0.401. The number of alkyl halides is 3. The molecular weight excluding hydrogens is 535 g/mol. The Labute approximate surface area is 214 Å². The van der Waals surface area contributed by atoms with Crippen molar-refractivity contribution < 1.29 is 41.4 Å². The summed E-state index contributed by atoms with van der Waals surface area (Å²) in [5.74, 6) is -4.45. The minimum Gasteiger partial charge on any atom is -0.480 e. The second-order valence-electron chi connectivity index (χ2n) is 8.55. The molecule has 0 amide bonds. The van der Waals surface area contributed by atoms with Crippen LogP contribution >= 0.6 is 11.6 Å². The molecule has 7 nitrogen and oxygen atoms in total. The maximum Gasteiger partial charge on any atom is 0.416 e. The molecule has 0 spiro atoms. The zero-order valence-corrected chi connectivity index (χ0v) is 20.4. The SMILES string of the molecule is O=C(O)CN([C@]1(C(=O)O)C[C@H]1c1cccc(C(F)(F)F)c1)S(=O)(=O)c1ccc(-c2ccc(Cl)cc2)cc1. The van der Waals surface area contributed by atoms with E-state index in [1.807, 2.05) is 0 Å². The van der Waals surface area contributed by atoms with Gasteiger partial charge in [-0.3, -0.25) is 9.59 Å². The van der Waals surface area contributed by atoms with Crippen LogP contribution < -0.4 is 0 Å². The summed E-state index contributed by atoms with van der Waals surface area (Å²) in [6, 6.07) is 16.0.